The standard InChI is InChI=1S/C25H27BrN4O4S/c1-5-6-14-30(24(32)34-25(2,3)4)17-12-13-18(19(15-17)16-10-8-7-9-11-16)21(31)28-23-27-20(26)22(29-33)35-23/h7-13,15H,5-6,14H2,1-4H3,(H,27,28,31)/p+1. The van der Waals surface area contributed by atoms with Crippen molar-refractivity contribution < 1.29 is 19.3 Å². The van der Waals surface area contributed by atoms with Crippen LogP contribution in [-0.4, -0.2) is 24.1 Å². The number of hydrogen-bond acceptors (Lipinski definition) is 6. The van der Waals surface area contributed by atoms with Crippen molar-refractivity contribution in [2.75, 3.05) is 16.8 Å². The number of aromatic amines is 1. The summed E-state index contributed by atoms with van der Waals surface area (Å²) in [6.45, 7) is 8.04. The Labute approximate surface area is 216 Å². The first-order chi connectivity index (χ1) is 16.6. The predicted molar refractivity (Wildman–Crippen MR) is 142 cm³/mol. The number of hydrogen-bond donors (Lipinski definition) is 1. The van der Waals surface area contributed by atoms with Crippen molar-refractivity contribution in [3.8, 4) is 11.1 Å². The Morgan fingerprint density at radius 1 is 1.17 bits per heavy atom. The molecule has 0 bridgehead atoms. The van der Waals surface area contributed by atoms with Gasteiger partial charge in [-0.1, -0.05) is 43.7 Å². The molecule has 1 aromatic heterocycles. The Balaban J connectivity index is 2.02. The molecule has 10 heteroatoms. The zero-order chi connectivity index (χ0) is 25.6. The second-order valence-corrected chi connectivity index (χ2v) is 10.6. The van der Waals surface area contributed by atoms with E-state index in [2.05, 4.69) is 38.3 Å². The highest BCUT2D eigenvalue weighted by Crippen LogP contribution is 2.33. The van der Waals surface area contributed by atoms with Crippen LogP contribution in [0.5, 0.6) is 0 Å². The van der Waals surface area contributed by atoms with E-state index >= 15 is 0 Å². The van der Waals surface area contributed by atoms with E-state index in [1.165, 1.54) is 0 Å². The van der Waals surface area contributed by atoms with Gasteiger partial charge >= 0.3 is 17.1 Å². The van der Waals surface area contributed by atoms with Crippen molar-refractivity contribution in [3.63, 3.8) is 0 Å². The molecule has 3 aromatic rings. The first-order valence-corrected chi connectivity index (χ1v) is 12.8. The van der Waals surface area contributed by atoms with E-state index in [0.29, 0.717) is 33.1 Å². The molecular formula is C25H28BrN4O4S+. The van der Waals surface area contributed by atoms with Crippen molar-refractivity contribution in [2.24, 2.45) is 5.18 Å². The second kappa shape index (κ2) is 11.5. The summed E-state index contributed by atoms with van der Waals surface area (Å²) in [6.07, 6.45) is 1.28. The smallest absolute Gasteiger partial charge is 0.414 e. The summed E-state index contributed by atoms with van der Waals surface area (Å²) in [5.74, 6) is -0.366. The molecule has 0 saturated carbocycles. The molecule has 0 aliphatic carbocycles. The van der Waals surface area contributed by atoms with Crippen LogP contribution >= 0.6 is 27.3 Å². The third-order valence-electron chi connectivity index (χ3n) is 4.91. The molecule has 184 valence electrons. The molecule has 1 heterocycles. The van der Waals surface area contributed by atoms with E-state index in [-0.39, 0.29) is 10.9 Å². The molecular weight excluding hydrogens is 532 g/mol. The van der Waals surface area contributed by atoms with Gasteiger partial charge in [0.2, 0.25) is 9.60 Å². The first kappa shape index (κ1) is 26.5. The molecule has 0 saturated heterocycles. The number of halogens is 1. The Hall–Kier alpha value is -3.11. The molecule has 35 heavy (non-hydrogen) atoms. The van der Waals surface area contributed by atoms with E-state index in [0.717, 1.165) is 29.7 Å². The number of anilines is 2. The quantitative estimate of drug-likeness (QED) is 0.295. The molecule has 2 aromatic carbocycles. The zero-order valence-electron chi connectivity index (χ0n) is 20.1. The summed E-state index contributed by atoms with van der Waals surface area (Å²) in [4.78, 5) is 41.7. The van der Waals surface area contributed by atoms with Crippen LogP contribution < -0.4 is 15.2 Å². The number of amides is 2. The summed E-state index contributed by atoms with van der Waals surface area (Å²) in [7, 11) is 0. The topological polar surface area (TPSA) is 102 Å². The molecule has 3 rings (SSSR count). The number of nitroso groups, excluding NO2 is 1. The van der Waals surface area contributed by atoms with Gasteiger partial charge in [0, 0.05) is 28.2 Å². The van der Waals surface area contributed by atoms with Gasteiger partial charge in [-0.05, 0) is 73.0 Å². The highest BCUT2D eigenvalue weighted by molar-refractivity contribution is 9.10. The number of thiazole rings is 1. The number of aromatic nitrogens is 1. The van der Waals surface area contributed by atoms with Gasteiger partial charge in [0.25, 0.3) is 0 Å². The van der Waals surface area contributed by atoms with Crippen LogP contribution in [0.3, 0.4) is 0 Å². The summed E-state index contributed by atoms with van der Waals surface area (Å²) < 4.78 is 6.04. The summed E-state index contributed by atoms with van der Waals surface area (Å²) in [5, 5.41) is 6.28. The first-order valence-electron chi connectivity index (χ1n) is 11.2. The Bertz CT molecular complexity index is 1210. The number of nitrogens with zero attached hydrogens (tertiary/aromatic N) is 2. The number of ether oxygens (including phenoxy) is 1. The van der Waals surface area contributed by atoms with Gasteiger partial charge < -0.3 is 4.74 Å². The molecule has 0 atom stereocenters. The minimum Gasteiger partial charge on any atom is -0.443 e. The fourth-order valence-corrected chi connectivity index (χ4v) is 4.63. The lowest BCUT2D eigenvalue weighted by Gasteiger charge is -2.28. The van der Waals surface area contributed by atoms with Gasteiger partial charge in [-0.2, -0.15) is 5.32 Å². The van der Waals surface area contributed by atoms with Crippen molar-refractivity contribution in [1.29, 1.82) is 0 Å². The molecule has 2 N–H and O–H groups in total. The molecule has 0 fully saturated rings. The lowest BCUT2D eigenvalue weighted by Crippen LogP contribution is -2.37. The van der Waals surface area contributed by atoms with Crippen LogP contribution in [0, 0.1) is 4.91 Å². The van der Waals surface area contributed by atoms with Crippen molar-refractivity contribution in [2.45, 2.75) is 46.1 Å². The molecule has 0 spiro atoms. The lowest BCUT2D eigenvalue weighted by atomic mass is 9.98. The van der Waals surface area contributed by atoms with E-state index < -0.39 is 11.7 Å². The van der Waals surface area contributed by atoms with Crippen LogP contribution in [0.2, 0.25) is 0 Å². The van der Waals surface area contributed by atoms with Crippen molar-refractivity contribution in [1.82, 2.24) is 0 Å². The van der Waals surface area contributed by atoms with E-state index in [1.807, 2.05) is 57.2 Å². The average Bonchev–Trinajstić information content (AvgIpc) is 3.17. The average molecular weight is 560 g/mol. The SMILES string of the molecule is CCCCN(C(=O)OC(C)(C)C)c1ccc(C(=O)Nc2[nH+]c(Br)c(N=O)s2)c(-c2ccccc2)c1. The van der Waals surface area contributed by atoms with Crippen LogP contribution in [0.4, 0.5) is 20.6 Å². The molecule has 0 aliphatic heterocycles. The van der Waals surface area contributed by atoms with Crippen LogP contribution in [0.25, 0.3) is 11.1 Å². The van der Waals surface area contributed by atoms with Gasteiger partial charge in [-0.15, -0.1) is 4.91 Å². The largest absolute Gasteiger partial charge is 0.443 e. The van der Waals surface area contributed by atoms with Gasteiger partial charge in [-0.3, -0.25) is 4.90 Å². The van der Waals surface area contributed by atoms with E-state index in [4.69, 9.17) is 4.74 Å². The Morgan fingerprint density at radius 2 is 1.89 bits per heavy atom. The lowest BCUT2D eigenvalue weighted by molar-refractivity contribution is -0.367. The van der Waals surface area contributed by atoms with Gasteiger partial charge in [-0.25, -0.2) is 14.6 Å². The van der Waals surface area contributed by atoms with Crippen LogP contribution in [0.1, 0.15) is 50.9 Å². The van der Waals surface area contributed by atoms with Crippen LogP contribution in [-0.2, 0) is 4.74 Å². The van der Waals surface area contributed by atoms with Crippen molar-refractivity contribution >= 4 is 55.1 Å². The molecule has 0 aliphatic rings. The number of carbonyl (C=O) groups excluding carboxylic acids is 2. The molecule has 8 nitrogen and oxygen atoms in total. The minimum atomic E-state index is -0.635. The third kappa shape index (κ3) is 6.95. The number of benzene rings is 2. The normalized spacial score (nSPS) is 11.1. The predicted octanol–water partition coefficient (Wildman–Crippen LogP) is 7.18. The summed E-state index contributed by atoms with van der Waals surface area (Å²) >= 11 is 4.24. The fourth-order valence-electron chi connectivity index (χ4n) is 3.32. The maximum atomic E-state index is 13.2. The number of unbranched alkanes of at least 4 members (excludes halogenated alkanes) is 1. The summed E-state index contributed by atoms with van der Waals surface area (Å²) in [5.41, 5.74) is 1.91. The highest BCUT2D eigenvalue weighted by Gasteiger charge is 2.26. The highest BCUT2D eigenvalue weighted by atomic mass is 79.9. The molecule has 0 radical (unpaired) electrons. The summed E-state index contributed by atoms with van der Waals surface area (Å²) in [6, 6.07) is 14.7. The van der Waals surface area contributed by atoms with Gasteiger partial charge in [0.05, 0.1) is 5.56 Å². The second-order valence-electron chi connectivity index (χ2n) is 8.80. The van der Waals surface area contributed by atoms with Gasteiger partial charge in [0.1, 0.15) is 5.60 Å². The monoisotopic (exact) mass is 559 g/mol. The maximum absolute atomic E-state index is 13.2. The maximum Gasteiger partial charge on any atom is 0.414 e. The van der Waals surface area contributed by atoms with Crippen molar-refractivity contribution in [3.05, 3.63) is 63.6 Å². The number of rotatable bonds is 8. The third-order valence-corrected chi connectivity index (χ3v) is 6.63. The van der Waals surface area contributed by atoms with E-state index in [9.17, 15) is 14.5 Å². The Kier molecular flexibility index (Phi) is 8.74. The van der Waals surface area contributed by atoms with Gasteiger partial charge in [0.15, 0.2) is 0 Å². The molecule has 0 unspecified atom stereocenters. The number of H-pyrrole nitrogens is 1. The number of nitrogens with one attached hydrogen (secondary N) is 2. The Morgan fingerprint density at radius 3 is 2.49 bits per heavy atom. The zero-order valence-corrected chi connectivity index (χ0v) is 22.5. The van der Waals surface area contributed by atoms with Crippen LogP contribution in [0.15, 0.2) is 58.3 Å². The fraction of sp³-hybridized carbons (Fsp3) is 0.320. The molecule has 2 amide bonds. The minimum absolute atomic E-state index is 0.197. The van der Waals surface area contributed by atoms with E-state index in [1.54, 1.807) is 17.0 Å². The number of carbonyl (C=O) groups is 2.